The van der Waals surface area contributed by atoms with Crippen molar-refractivity contribution in [3.05, 3.63) is 59.7 Å². The minimum atomic E-state index is -0.800. The summed E-state index contributed by atoms with van der Waals surface area (Å²) < 4.78 is 5.41. The van der Waals surface area contributed by atoms with E-state index in [1.54, 1.807) is 24.3 Å². The van der Waals surface area contributed by atoms with Crippen molar-refractivity contribution < 1.29 is 14.3 Å². The molecular weight excluding hydrogens is 390 g/mol. The van der Waals surface area contributed by atoms with Crippen LogP contribution in [0.25, 0.3) is 0 Å². The van der Waals surface area contributed by atoms with Crippen LogP contribution < -0.4 is 10.1 Å². The van der Waals surface area contributed by atoms with E-state index in [0.29, 0.717) is 18.0 Å². The molecule has 2 amide bonds. The van der Waals surface area contributed by atoms with Crippen molar-refractivity contribution in [2.75, 3.05) is 18.5 Å². The summed E-state index contributed by atoms with van der Waals surface area (Å²) in [6.07, 6.45) is 0. The summed E-state index contributed by atoms with van der Waals surface area (Å²) in [5, 5.41) is 2.84. The van der Waals surface area contributed by atoms with Gasteiger partial charge in [-0.2, -0.15) is 0 Å². The summed E-state index contributed by atoms with van der Waals surface area (Å²) in [7, 11) is 0. The van der Waals surface area contributed by atoms with Gasteiger partial charge in [-0.3, -0.25) is 14.6 Å². The van der Waals surface area contributed by atoms with E-state index in [1.165, 1.54) is 10.5 Å². The van der Waals surface area contributed by atoms with Crippen LogP contribution in [0, 0.1) is 0 Å². The number of amides is 2. The molecule has 1 heterocycles. The van der Waals surface area contributed by atoms with E-state index in [-0.39, 0.29) is 23.8 Å². The minimum absolute atomic E-state index is 0.0320. The molecule has 0 radical (unpaired) electrons. The molecule has 164 valence electrons. The Morgan fingerprint density at radius 2 is 1.68 bits per heavy atom. The van der Waals surface area contributed by atoms with E-state index < -0.39 is 5.66 Å². The van der Waals surface area contributed by atoms with Crippen LogP contribution in [0.4, 0.5) is 5.69 Å². The molecule has 3 rings (SSSR count). The van der Waals surface area contributed by atoms with E-state index >= 15 is 0 Å². The van der Waals surface area contributed by atoms with Gasteiger partial charge in [0, 0.05) is 11.3 Å². The highest BCUT2D eigenvalue weighted by Crippen LogP contribution is 2.28. The van der Waals surface area contributed by atoms with Gasteiger partial charge in [0.15, 0.2) is 0 Å². The molecule has 0 unspecified atom stereocenters. The van der Waals surface area contributed by atoms with Gasteiger partial charge in [-0.25, -0.2) is 0 Å². The summed E-state index contributed by atoms with van der Waals surface area (Å²) in [6.45, 7) is 12.5. The molecule has 0 fully saturated rings. The SMILES string of the molecule is CCOc1ccc(NC(=O)CN2C(=O)C(c3ccc(C(C)(C)C)cc3)=NC2(C)C)cc1. The van der Waals surface area contributed by atoms with Crippen LogP contribution in [-0.2, 0) is 15.0 Å². The number of anilines is 1. The number of aliphatic imine (C=N–C) groups is 1. The van der Waals surface area contributed by atoms with E-state index in [1.807, 2.05) is 45.0 Å². The lowest BCUT2D eigenvalue weighted by atomic mass is 9.86. The zero-order valence-electron chi connectivity index (χ0n) is 19.2. The zero-order chi connectivity index (χ0) is 22.8. The standard InChI is InChI=1S/C25H31N3O3/c1-7-31-20-14-12-19(13-15-20)26-21(29)16-28-23(30)22(27-25(28,5)6)17-8-10-18(11-9-17)24(2,3)4/h8-15H,7,16H2,1-6H3,(H,26,29). The molecule has 0 spiro atoms. The second-order valence-electron chi connectivity index (χ2n) is 9.18. The maximum Gasteiger partial charge on any atom is 0.275 e. The Morgan fingerprint density at radius 1 is 1.06 bits per heavy atom. The van der Waals surface area contributed by atoms with Crippen molar-refractivity contribution in [1.82, 2.24) is 4.90 Å². The molecule has 6 nitrogen and oxygen atoms in total. The van der Waals surface area contributed by atoms with Crippen LogP contribution in [0.1, 0.15) is 52.7 Å². The maximum absolute atomic E-state index is 13.1. The van der Waals surface area contributed by atoms with E-state index in [4.69, 9.17) is 4.74 Å². The van der Waals surface area contributed by atoms with E-state index in [9.17, 15) is 9.59 Å². The molecule has 1 aliphatic rings. The quantitative estimate of drug-likeness (QED) is 0.752. The lowest BCUT2D eigenvalue weighted by molar-refractivity contribution is -0.131. The monoisotopic (exact) mass is 421 g/mol. The molecule has 0 saturated carbocycles. The van der Waals surface area contributed by atoms with Gasteiger partial charge in [-0.15, -0.1) is 0 Å². The molecule has 0 saturated heterocycles. The topological polar surface area (TPSA) is 71.0 Å². The van der Waals surface area contributed by atoms with Gasteiger partial charge in [0.25, 0.3) is 5.91 Å². The number of carbonyl (C=O) groups excluding carboxylic acids is 2. The van der Waals surface area contributed by atoms with E-state index in [2.05, 4.69) is 31.1 Å². The molecule has 0 aliphatic carbocycles. The third-order valence-corrected chi connectivity index (χ3v) is 5.27. The number of nitrogens with zero attached hydrogens (tertiary/aromatic N) is 2. The van der Waals surface area contributed by atoms with Gasteiger partial charge in [0.1, 0.15) is 23.7 Å². The fraction of sp³-hybridized carbons (Fsp3) is 0.400. The Morgan fingerprint density at radius 3 is 2.23 bits per heavy atom. The second kappa shape index (κ2) is 8.53. The number of benzene rings is 2. The summed E-state index contributed by atoms with van der Waals surface area (Å²) in [6, 6.07) is 15.1. The number of ether oxygens (including phenoxy) is 1. The van der Waals surface area contributed by atoms with Crippen LogP contribution in [0.3, 0.4) is 0 Å². The normalized spacial score (nSPS) is 15.6. The van der Waals surface area contributed by atoms with Crippen molar-refractivity contribution >= 4 is 23.2 Å². The summed E-state index contributed by atoms with van der Waals surface area (Å²) in [5.74, 6) is 0.229. The Kier molecular flexibility index (Phi) is 6.20. The maximum atomic E-state index is 13.1. The lowest BCUT2D eigenvalue weighted by Gasteiger charge is -2.28. The highest BCUT2D eigenvalue weighted by atomic mass is 16.5. The van der Waals surface area contributed by atoms with Gasteiger partial charge >= 0.3 is 0 Å². The lowest BCUT2D eigenvalue weighted by Crippen LogP contribution is -2.46. The molecule has 31 heavy (non-hydrogen) atoms. The van der Waals surface area contributed by atoms with Crippen molar-refractivity contribution in [3.63, 3.8) is 0 Å². The number of nitrogens with one attached hydrogen (secondary N) is 1. The van der Waals surface area contributed by atoms with Crippen molar-refractivity contribution in [2.45, 2.75) is 52.6 Å². The van der Waals surface area contributed by atoms with Gasteiger partial charge < -0.3 is 15.0 Å². The first kappa shape index (κ1) is 22.5. The average molecular weight is 422 g/mol. The molecule has 2 aromatic carbocycles. The second-order valence-corrected chi connectivity index (χ2v) is 9.18. The molecule has 1 aliphatic heterocycles. The Bertz CT molecular complexity index is 984. The minimum Gasteiger partial charge on any atom is -0.494 e. The van der Waals surface area contributed by atoms with Crippen molar-refractivity contribution in [3.8, 4) is 5.75 Å². The van der Waals surface area contributed by atoms with Gasteiger partial charge in [0.05, 0.1) is 6.61 Å². The molecular formula is C25H31N3O3. The zero-order valence-corrected chi connectivity index (χ0v) is 19.2. The van der Waals surface area contributed by atoms with Crippen LogP contribution in [0.2, 0.25) is 0 Å². The summed E-state index contributed by atoms with van der Waals surface area (Å²) >= 11 is 0. The molecule has 0 atom stereocenters. The third-order valence-electron chi connectivity index (χ3n) is 5.27. The smallest absolute Gasteiger partial charge is 0.275 e. The number of rotatable bonds is 6. The number of carbonyl (C=O) groups is 2. The first-order valence-electron chi connectivity index (χ1n) is 10.6. The summed E-state index contributed by atoms with van der Waals surface area (Å²) in [4.78, 5) is 31.9. The molecule has 1 N–H and O–H groups in total. The van der Waals surface area contributed by atoms with Crippen LogP contribution in [0.15, 0.2) is 53.5 Å². The highest BCUT2D eigenvalue weighted by molar-refractivity contribution is 6.47. The van der Waals surface area contributed by atoms with Gasteiger partial charge in [-0.1, -0.05) is 45.0 Å². The third kappa shape index (κ3) is 5.13. The van der Waals surface area contributed by atoms with Crippen LogP contribution >= 0.6 is 0 Å². The predicted octanol–water partition coefficient (Wildman–Crippen LogP) is 4.39. The molecule has 2 aromatic rings. The van der Waals surface area contributed by atoms with Crippen molar-refractivity contribution in [1.29, 1.82) is 0 Å². The van der Waals surface area contributed by atoms with Crippen LogP contribution in [0.5, 0.6) is 5.75 Å². The average Bonchev–Trinajstić information content (AvgIpc) is 2.92. The Balaban J connectivity index is 1.70. The van der Waals surface area contributed by atoms with E-state index in [0.717, 1.165) is 11.3 Å². The van der Waals surface area contributed by atoms with Crippen LogP contribution in [-0.4, -0.2) is 41.2 Å². The number of hydrogen-bond donors (Lipinski definition) is 1. The molecule has 0 aromatic heterocycles. The highest BCUT2D eigenvalue weighted by Gasteiger charge is 2.41. The molecule has 0 bridgehead atoms. The predicted molar refractivity (Wildman–Crippen MR) is 124 cm³/mol. The van der Waals surface area contributed by atoms with Gasteiger partial charge in [0.2, 0.25) is 5.91 Å². The Labute approximate surface area is 184 Å². The number of hydrogen-bond acceptors (Lipinski definition) is 4. The van der Waals surface area contributed by atoms with Crippen molar-refractivity contribution in [2.24, 2.45) is 4.99 Å². The molecule has 6 heteroatoms. The largest absolute Gasteiger partial charge is 0.494 e. The fourth-order valence-corrected chi connectivity index (χ4v) is 3.48. The Hall–Kier alpha value is -3.15. The fourth-order valence-electron chi connectivity index (χ4n) is 3.48. The summed E-state index contributed by atoms with van der Waals surface area (Å²) in [5.41, 5.74) is 2.22. The first-order valence-corrected chi connectivity index (χ1v) is 10.6. The van der Waals surface area contributed by atoms with Gasteiger partial charge in [-0.05, 0) is 56.0 Å². The first-order chi connectivity index (χ1) is 14.5.